The van der Waals surface area contributed by atoms with Gasteiger partial charge in [0.15, 0.2) is 0 Å². The average Bonchev–Trinajstić information content (AvgIpc) is 2.70. The number of pyridine rings is 1. The number of amides is 1. The zero-order valence-corrected chi connectivity index (χ0v) is 15.2. The van der Waals surface area contributed by atoms with Gasteiger partial charge in [-0.1, -0.05) is 29.8 Å². The fraction of sp³-hybridized carbons (Fsp3) is 0.0952. The fourth-order valence-corrected chi connectivity index (χ4v) is 2.65. The lowest BCUT2D eigenvalue weighted by Crippen LogP contribution is -2.26. The third-order valence-electron chi connectivity index (χ3n) is 3.89. The Kier molecular flexibility index (Phi) is 6.03. The van der Waals surface area contributed by atoms with E-state index in [9.17, 15) is 4.79 Å². The van der Waals surface area contributed by atoms with E-state index in [1.165, 1.54) is 0 Å². The predicted octanol–water partition coefficient (Wildman–Crippen LogP) is 4.32. The van der Waals surface area contributed by atoms with E-state index in [1.54, 1.807) is 36.5 Å². The van der Waals surface area contributed by atoms with Crippen molar-refractivity contribution in [3.63, 3.8) is 0 Å². The number of benzene rings is 2. The molecule has 3 aromatic rings. The Hall–Kier alpha value is -3.36. The number of nitrogens with one attached hydrogen (secondary N) is 2. The molecule has 2 N–H and O–H groups in total. The molecule has 134 valence electrons. The second kappa shape index (κ2) is 8.84. The van der Waals surface area contributed by atoms with Crippen molar-refractivity contribution in [2.24, 2.45) is 0 Å². The summed E-state index contributed by atoms with van der Waals surface area (Å²) in [5, 5.41) is 15.7. The fourth-order valence-electron chi connectivity index (χ4n) is 2.53. The zero-order chi connectivity index (χ0) is 19.1. The summed E-state index contributed by atoms with van der Waals surface area (Å²) in [6.07, 6.45) is 2.28. The lowest BCUT2D eigenvalue weighted by molar-refractivity contribution is 0.0949. The Balaban J connectivity index is 1.59. The second-order valence-electron chi connectivity index (χ2n) is 5.88. The van der Waals surface area contributed by atoms with Crippen LogP contribution in [0.25, 0.3) is 0 Å². The minimum atomic E-state index is -0.238. The standard InChI is InChI=1S/C21H17ClN4O/c22-17-6-4-15(5-7-17)8-10-25-21(27)20-13-19(9-11-24-20)26-18-3-1-2-16(12-18)14-23/h1-7,9,11-13H,8,10H2,(H,24,26)(H,25,27). The normalized spacial score (nSPS) is 10.1. The van der Waals surface area contributed by atoms with Gasteiger partial charge < -0.3 is 10.6 Å². The van der Waals surface area contributed by atoms with Crippen molar-refractivity contribution < 1.29 is 4.79 Å². The van der Waals surface area contributed by atoms with Crippen LogP contribution in [0.2, 0.25) is 5.02 Å². The number of hydrogen-bond acceptors (Lipinski definition) is 4. The van der Waals surface area contributed by atoms with Gasteiger partial charge in [-0.15, -0.1) is 0 Å². The van der Waals surface area contributed by atoms with Gasteiger partial charge in [-0.05, 0) is 54.4 Å². The van der Waals surface area contributed by atoms with Gasteiger partial charge in [-0.2, -0.15) is 5.26 Å². The highest BCUT2D eigenvalue weighted by molar-refractivity contribution is 6.30. The van der Waals surface area contributed by atoms with Crippen LogP contribution < -0.4 is 10.6 Å². The van der Waals surface area contributed by atoms with Gasteiger partial charge in [0.25, 0.3) is 5.91 Å². The lowest BCUT2D eigenvalue weighted by atomic mass is 10.1. The van der Waals surface area contributed by atoms with Gasteiger partial charge in [0.1, 0.15) is 5.69 Å². The van der Waals surface area contributed by atoms with E-state index >= 15 is 0 Å². The summed E-state index contributed by atoms with van der Waals surface area (Å²) in [4.78, 5) is 16.5. The first-order valence-corrected chi connectivity index (χ1v) is 8.78. The van der Waals surface area contributed by atoms with E-state index < -0.39 is 0 Å². The molecule has 27 heavy (non-hydrogen) atoms. The molecule has 2 aromatic carbocycles. The number of halogens is 1. The molecule has 1 aromatic heterocycles. The van der Waals surface area contributed by atoms with Crippen molar-refractivity contribution in [3.8, 4) is 6.07 Å². The molecule has 0 radical (unpaired) electrons. The van der Waals surface area contributed by atoms with Crippen molar-refractivity contribution in [1.29, 1.82) is 5.26 Å². The van der Waals surface area contributed by atoms with Crippen LogP contribution in [0.1, 0.15) is 21.6 Å². The maximum Gasteiger partial charge on any atom is 0.269 e. The van der Waals surface area contributed by atoms with E-state index in [0.29, 0.717) is 29.2 Å². The molecule has 0 spiro atoms. The summed E-state index contributed by atoms with van der Waals surface area (Å²) in [6, 6.07) is 20.2. The summed E-state index contributed by atoms with van der Waals surface area (Å²) in [7, 11) is 0. The molecule has 0 aliphatic carbocycles. The number of rotatable bonds is 6. The van der Waals surface area contributed by atoms with Crippen LogP contribution >= 0.6 is 11.6 Å². The van der Waals surface area contributed by atoms with Gasteiger partial charge in [0.2, 0.25) is 0 Å². The van der Waals surface area contributed by atoms with Crippen molar-refractivity contribution in [2.75, 3.05) is 11.9 Å². The first-order chi connectivity index (χ1) is 13.1. The molecular weight excluding hydrogens is 360 g/mol. The quantitative estimate of drug-likeness (QED) is 0.671. The van der Waals surface area contributed by atoms with Crippen LogP contribution in [0.4, 0.5) is 11.4 Å². The largest absolute Gasteiger partial charge is 0.355 e. The smallest absolute Gasteiger partial charge is 0.269 e. The SMILES string of the molecule is N#Cc1cccc(Nc2ccnc(C(=O)NCCc3ccc(Cl)cc3)c2)c1. The summed E-state index contributed by atoms with van der Waals surface area (Å²) < 4.78 is 0. The van der Waals surface area contributed by atoms with E-state index in [4.69, 9.17) is 16.9 Å². The molecule has 0 bridgehead atoms. The molecule has 1 heterocycles. The van der Waals surface area contributed by atoms with Crippen molar-refractivity contribution in [1.82, 2.24) is 10.3 Å². The monoisotopic (exact) mass is 376 g/mol. The molecule has 3 rings (SSSR count). The van der Waals surface area contributed by atoms with Crippen LogP contribution in [0.5, 0.6) is 0 Å². The number of aromatic nitrogens is 1. The van der Waals surface area contributed by atoms with Crippen LogP contribution in [-0.2, 0) is 6.42 Å². The summed E-state index contributed by atoms with van der Waals surface area (Å²) in [5.74, 6) is -0.238. The third kappa shape index (κ3) is 5.30. The Morgan fingerprint density at radius 3 is 2.63 bits per heavy atom. The first kappa shape index (κ1) is 18.4. The van der Waals surface area contributed by atoms with Crippen molar-refractivity contribution in [3.05, 3.63) is 88.7 Å². The van der Waals surface area contributed by atoms with E-state index in [-0.39, 0.29) is 5.91 Å². The number of hydrogen-bond donors (Lipinski definition) is 2. The predicted molar refractivity (Wildman–Crippen MR) is 106 cm³/mol. The molecule has 0 saturated carbocycles. The Morgan fingerprint density at radius 1 is 1.07 bits per heavy atom. The molecule has 0 atom stereocenters. The molecule has 0 fully saturated rings. The first-order valence-electron chi connectivity index (χ1n) is 8.40. The molecular formula is C21H17ClN4O. The number of carbonyl (C=O) groups excluding carboxylic acids is 1. The van der Waals surface area contributed by atoms with E-state index in [0.717, 1.165) is 16.9 Å². The maximum absolute atomic E-state index is 12.3. The Morgan fingerprint density at radius 2 is 1.85 bits per heavy atom. The zero-order valence-electron chi connectivity index (χ0n) is 14.4. The van der Waals surface area contributed by atoms with Crippen LogP contribution in [0, 0.1) is 11.3 Å². The third-order valence-corrected chi connectivity index (χ3v) is 4.14. The maximum atomic E-state index is 12.3. The molecule has 0 aliphatic heterocycles. The number of nitriles is 1. The highest BCUT2D eigenvalue weighted by Gasteiger charge is 2.08. The number of nitrogens with zero attached hydrogens (tertiary/aromatic N) is 2. The van der Waals surface area contributed by atoms with Gasteiger partial charge in [0.05, 0.1) is 11.6 Å². The Labute approximate surface area is 162 Å². The van der Waals surface area contributed by atoms with E-state index in [1.807, 2.05) is 30.3 Å². The van der Waals surface area contributed by atoms with Gasteiger partial charge in [-0.25, -0.2) is 0 Å². The van der Waals surface area contributed by atoms with Crippen LogP contribution in [0.15, 0.2) is 66.9 Å². The minimum absolute atomic E-state index is 0.238. The van der Waals surface area contributed by atoms with Gasteiger partial charge in [-0.3, -0.25) is 9.78 Å². The van der Waals surface area contributed by atoms with E-state index in [2.05, 4.69) is 21.7 Å². The summed E-state index contributed by atoms with van der Waals surface area (Å²) in [6.45, 7) is 0.504. The summed E-state index contributed by atoms with van der Waals surface area (Å²) >= 11 is 5.87. The highest BCUT2D eigenvalue weighted by Crippen LogP contribution is 2.18. The lowest BCUT2D eigenvalue weighted by Gasteiger charge is -2.09. The van der Waals surface area contributed by atoms with Gasteiger partial charge >= 0.3 is 0 Å². The second-order valence-corrected chi connectivity index (χ2v) is 6.32. The van der Waals surface area contributed by atoms with Crippen molar-refractivity contribution in [2.45, 2.75) is 6.42 Å². The van der Waals surface area contributed by atoms with Crippen LogP contribution in [-0.4, -0.2) is 17.4 Å². The number of carbonyl (C=O) groups is 1. The molecule has 5 nitrogen and oxygen atoms in total. The molecule has 1 amide bonds. The van der Waals surface area contributed by atoms with Crippen LogP contribution in [0.3, 0.4) is 0 Å². The molecule has 0 unspecified atom stereocenters. The number of anilines is 2. The average molecular weight is 377 g/mol. The highest BCUT2D eigenvalue weighted by atomic mass is 35.5. The summed E-state index contributed by atoms with van der Waals surface area (Å²) in [5.41, 5.74) is 3.49. The Bertz CT molecular complexity index is 980. The van der Waals surface area contributed by atoms with Crippen molar-refractivity contribution >= 4 is 28.9 Å². The molecule has 0 saturated heterocycles. The topological polar surface area (TPSA) is 77.8 Å². The van der Waals surface area contributed by atoms with Gasteiger partial charge in [0, 0.05) is 29.1 Å². The molecule has 6 heteroatoms. The minimum Gasteiger partial charge on any atom is -0.355 e. The molecule has 0 aliphatic rings.